The quantitative estimate of drug-likeness (QED) is 0.527. The third-order valence-corrected chi connectivity index (χ3v) is 3.29. The van der Waals surface area contributed by atoms with Crippen molar-refractivity contribution >= 4 is 22.0 Å². The van der Waals surface area contributed by atoms with Gasteiger partial charge >= 0.3 is 5.69 Å². The highest BCUT2D eigenvalue weighted by atomic mass is 79.9. The Bertz CT molecular complexity index is 624. The van der Waals surface area contributed by atoms with E-state index in [-0.39, 0.29) is 5.56 Å². The van der Waals surface area contributed by atoms with Crippen LogP contribution in [0, 0.1) is 0 Å². The van der Waals surface area contributed by atoms with Gasteiger partial charge in [-0.2, -0.15) is 0 Å². The largest absolute Gasteiger partial charge is 0.394 e. The third-order valence-electron chi connectivity index (χ3n) is 3.03. The van der Waals surface area contributed by atoms with Crippen LogP contribution in [0.1, 0.15) is 11.8 Å². The van der Waals surface area contributed by atoms with Crippen molar-refractivity contribution in [3.63, 3.8) is 0 Å². The van der Waals surface area contributed by atoms with Gasteiger partial charge in [0, 0.05) is 6.20 Å². The van der Waals surface area contributed by atoms with E-state index >= 15 is 0 Å². The van der Waals surface area contributed by atoms with Crippen LogP contribution in [-0.2, 0) is 4.74 Å². The lowest BCUT2D eigenvalue weighted by Gasteiger charge is -2.17. The van der Waals surface area contributed by atoms with E-state index in [2.05, 4.69) is 20.9 Å². The number of aromatic amines is 1. The molecule has 0 aliphatic carbocycles. The third kappa shape index (κ3) is 2.63. The Morgan fingerprint density at radius 1 is 1.40 bits per heavy atom. The summed E-state index contributed by atoms with van der Waals surface area (Å²) < 4.78 is 6.20. The van der Waals surface area contributed by atoms with Gasteiger partial charge < -0.3 is 20.1 Å². The summed E-state index contributed by atoms with van der Waals surface area (Å²) in [4.78, 5) is 26.8. The first-order valence-corrected chi connectivity index (χ1v) is 6.66. The van der Waals surface area contributed by atoms with Crippen molar-refractivity contribution in [3.8, 4) is 0 Å². The number of H-pyrrole nitrogens is 1. The van der Waals surface area contributed by atoms with Crippen molar-refractivity contribution in [2.24, 2.45) is 0 Å². The Hall–Kier alpha value is -1.26. The molecule has 20 heavy (non-hydrogen) atoms. The molecule has 1 fully saturated rings. The maximum absolute atomic E-state index is 11.8. The molecule has 4 N–H and O–H groups in total. The van der Waals surface area contributed by atoms with E-state index in [1.807, 2.05) is 0 Å². The monoisotopic (exact) mass is 348 g/mol. The molecular formula is C11H13BrN2O6. The molecule has 0 amide bonds. The molecule has 9 heteroatoms. The number of ether oxygens (including phenoxy) is 1. The molecular weight excluding hydrogens is 336 g/mol. The highest BCUT2D eigenvalue weighted by molar-refractivity contribution is 9.11. The second-order valence-corrected chi connectivity index (χ2v) is 4.80. The SMILES string of the molecule is O=c1[nH]c(=O)n([C@@H]2O[C@H](CO)[C@H](O)[C@H]2O)cc1C=CBr. The van der Waals surface area contributed by atoms with Gasteiger partial charge in [-0.25, -0.2) is 4.79 Å². The van der Waals surface area contributed by atoms with Gasteiger partial charge in [0.15, 0.2) is 6.23 Å². The first-order chi connectivity index (χ1) is 9.49. The number of aromatic nitrogens is 2. The molecule has 1 aromatic rings. The first-order valence-electron chi connectivity index (χ1n) is 5.74. The molecule has 0 aromatic carbocycles. The Morgan fingerprint density at radius 2 is 2.10 bits per heavy atom. The van der Waals surface area contributed by atoms with Gasteiger partial charge in [0.1, 0.15) is 18.3 Å². The zero-order valence-corrected chi connectivity index (χ0v) is 11.7. The van der Waals surface area contributed by atoms with Crippen LogP contribution in [0.3, 0.4) is 0 Å². The average molecular weight is 349 g/mol. The van der Waals surface area contributed by atoms with E-state index in [0.717, 1.165) is 4.57 Å². The molecule has 110 valence electrons. The summed E-state index contributed by atoms with van der Waals surface area (Å²) >= 11 is 3.01. The van der Waals surface area contributed by atoms with Crippen LogP contribution >= 0.6 is 15.9 Å². The minimum atomic E-state index is -1.39. The summed E-state index contributed by atoms with van der Waals surface area (Å²) in [6.07, 6.45) is -2.27. The number of hydrogen-bond acceptors (Lipinski definition) is 6. The molecule has 0 saturated carbocycles. The van der Waals surface area contributed by atoms with Crippen molar-refractivity contribution in [2.45, 2.75) is 24.5 Å². The molecule has 1 saturated heterocycles. The number of halogens is 1. The molecule has 8 nitrogen and oxygen atoms in total. The van der Waals surface area contributed by atoms with Crippen LogP contribution in [0.25, 0.3) is 6.08 Å². The summed E-state index contributed by atoms with van der Waals surface area (Å²) in [5, 5.41) is 28.5. The Morgan fingerprint density at radius 3 is 2.65 bits per heavy atom. The van der Waals surface area contributed by atoms with E-state index in [1.54, 1.807) is 0 Å². The molecule has 2 rings (SSSR count). The van der Waals surface area contributed by atoms with E-state index in [9.17, 15) is 19.8 Å². The molecule has 1 aromatic heterocycles. The Kier molecular flexibility index (Phi) is 4.55. The summed E-state index contributed by atoms with van der Waals surface area (Å²) in [6.45, 7) is -0.499. The highest BCUT2D eigenvalue weighted by Gasteiger charge is 2.43. The second-order valence-electron chi connectivity index (χ2n) is 4.27. The van der Waals surface area contributed by atoms with Gasteiger partial charge in [-0.3, -0.25) is 14.3 Å². The van der Waals surface area contributed by atoms with Crippen LogP contribution in [-0.4, -0.2) is 49.8 Å². The minimum Gasteiger partial charge on any atom is -0.394 e. The van der Waals surface area contributed by atoms with Crippen LogP contribution in [0.4, 0.5) is 0 Å². The van der Waals surface area contributed by atoms with Gasteiger partial charge in [-0.1, -0.05) is 15.9 Å². The van der Waals surface area contributed by atoms with Crippen molar-refractivity contribution in [1.29, 1.82) is 0 Å². The van der Waals surface area contributed by atoms with Gasteiger partial charge in [0.2, 0.25) is 0 Å². The normalized spacial score (nSPS) is 30.2. The maximum Gasteiger partial charge on any atom is 0.330 e. The van der Waals surface area contributed by atoms with Gasteiger partial charge in [0.05, 0.1) is 12.2 Å². The fraction of sp³-hybridized carbons (Fsp3) is 0.455. The highest BCUT2D eigenvalue weighted by Crippen LogP contribution is 2.27. The van der Waals surface area contributed by atoms with Gasteiger partial charge in [-0.15, -0.1) is 0 Å². The molecule has 4 atom stereocenters. The molecule has 0 spiro atoms. The first kappa shape index (κ1) is 15.1. The van der Waals surface area contributed by atoms with Crippen LogP contribution in [0.5, 0.6) is 0 Å². The fourth-order valence-corrected chi connectivity index (χ4v) is 2.27. The topological polar surface area (TPSA) is 125 Å². The van der Waals surface area contributed by atoms with E-state index in [4.69, 9.17) is 9.84 Å². The number of aliphatic hydroxyl groups excluding tert-OH is 3. The lowest BCUT2D eigenvalue weighted by molar-refractivity contribution is -0.0550. The fourth-order valence-electron chi connectivity index (χ4n) is 1.99. The van der Waals surface area contributed by atoms with Crippen LogP contribution in [0.15, 0.2) is 20.8 Å². The number of nitrogens with one attached hydrogen (secondary N) is 1. The number of rotatable bonds is 3. The zero-order chi connectivity index (χ0) is 14.9. The lowest BCUT2D eigenvalue weighted by atomic mass is 10.1. The van der Waals surface area contributed by atoms with Crippen LogP contribution < -0.4 is 11.2 Å². The standard InChI is InChI=1S/C11H13BrN2O6/c12-2-1-5-3-14(11(19)13-9(5)18)10-8(17)7(16)6(4-15)20-10/h1-3,6-8,10,15-17H,4H2,(H,13,18,19)/t6-,7+,8-,10-/m1/s1. The van der Waals surface area contributed by atoms with Gasteiger partial charge in [0.25, 0.3) is 5.56 Å². The smallest absolute Gasteiger partial charge is 0.330 e. The Labute approximate surface area is 121 Å². The zero-order valence-electron chi connectivity index (χ0n) is 10.1. The minimum absolute atomic E-state index is 0.166. The maximum atomic E-state index is 11.8. The van der Waals surface area contributed by atoms with Gasteiger partial charge in [-0.05, 0) is 11.1 Å². The van der Waals surface area contributed by atoms with E-state index < -0.39 is 42.4 Å². The lowest BCUT2D eigenvalue weighted by Crippen LogP contribution is -2.38. The van der Waals surface area contributed by atoms with E-state index in [1.165, 1.54) is 17.3 Å². The molecule has 1 aliphatic heterocycles. The van der Waals surface area contributed by atoms with Crippen molar-refractivity contribution in [1.82, 2.24) is 9.55 Å². The van der Waals surface area contributed by atoms with Crippen molar-refractivity contribution in [3.05, 3.63) is 37.6 Å². The molecule has 0 radical (unpaired) electrons. The van der Waals surface area contributed by atoms with E-state index in [0.29, 0.717) is 0 Å². The molecule has 1 aliphatic rings. The Balaban J connectivity index is 2.46. The molecule has 0 unspecified atom stereocenters. The number of hydrogen-bond donors (Lipinski definition) is 4. The molecule has 2 heterocycles. The summed E-state index contributed by atoms with van der Waals surface area (Å²) in [7, 11) is 0. The predicted molar refractivity (Wildman–Crippen MR) is 72.3 cm³/mol. The average Bonchev–Trinajstić information content (AvgIpc) is 2.70. The second kappa shape index (κ2) is 6.02. The summed E-state index contributed by atoms with van der Waals surface area (Å²) in [6, 6.07) is 0. The predicted octanol–water partition coefficient (Wildman–Crippen LogP) is -1.49. The summed E-state index contributed by atoms with van der Waals surface area (Å²) in [5.41, 5.74) is -1.20. The van der Waals surface area contributed by atoms with Crippen LogP contribution in [0.2, 0.25) is 0 Å². The molecule has 0 bridgehead atoms. The summed E-state index contributed by atoms with van der Waals surface area (Å²) in [5.74, 6) is 0. The van der Waals surface area contributed by atoms with Crippen molar-refractivity contribution < 1.29 is 20.1 Å². The number of nitrogens with zero attached hydrogens (tertiary/aromatic N) is 1. The van der Waals surface area contributed by atoms with Crippen molar-refractivity contribution in [2.75, 3.05) is 6.61 Å². The number of aliphatic hydroxyl groups is 3.